The van der Waals surface area contributed by atoms with E-state index < -0.39 is 0 Å². The average Bonchev–Trinajstić information content (AvgIpc) is 3.46. The Labute approximate surface area is 182 Å². The van der Waals surface area contributed by atoms with Crippen molar-refractivity contribution in [3.05, 3.63) is 59.9 Å². The third-order valence-corrected chi connectivity index (χ3v) is 6.22. The summed E-state index contributed by atoms with van der Waals surface area (Å²) in [7, 11) is 1.65. The van der Waals surface area contributed by atoms with Gasteiger partial charge in [-0.15, -0.1) is 0 Å². The number of amides is 1. The van der Waals surface area contributed by atoms with Crippen LogP contribution in [0.1, 0.15) is 24.8 Å². The Morgan fingerprint density at radius 1 is 1.10 bits per heavy atom. The topological polar surface area (TPSA) is 62.8 Å². The maximum atomic E-state index is 13.1. The van der Waals surface area contributed by atoms with Gasteiger partial charge in [0.05, 0.1) is 20.1 Å². The predicted molar refractivity (Wildman–Crippen MR) is 116 cm³/mol. The summed E-state index contributed by atoms with van der Waals surface area (Å²) in [5, 5.41) is 0. The Morgan fingerprint density at radius 3 is 2.58 bits per heavy atom. The van der Waals surface area contributed by atoms with Crippen LogP contribution in [0.25, 0.3) is 0 Å². The first-order chi connectivity index (χ1) is 15.1. The summed E-state index contributed by atoms with van der Waals surface area (Å²) in [5.41, 5.74) is 7.67. The molecule has 2 aromatic rings. The standard InChI is InChI=1S/C24H30FN3O3/c1-30-21-6-8-22(9-7-21)31-13-11-20-15-23(27-26-20)18-10-12-28(16-18)24(29)14-17-2-4-19(25)5-3-17/h2-9,18,20,23,26-27H,10-16H2,1H3. The molecular weight excluding hydrogens is 397 g/mol. The maximum Gasteiger partial charge on any atom is 0.226 e. The summed E-state index contributed by atoms with van der Waals surface area (Å²) in [6.45, 7) is 2.20. The van der Waals surface area contributed by atoms with Gasteiger partial charge in [0, 0.05) is 25.2 Å². The second-order valence-electron chi connectivity index (χ2n) is 8.33. The van der Waals surface area contributed by atoms with Crippen molar-refractivity contribution in [3.63, 3.8) is 0 Å². The minimum atomic E-state index is -0.277. The molecule has 3 atom stereocenters. The molecule has 0 bridgehead atoms. The summed E-state index contributed by atoms with van der Waals surface area (Å²) in [6, 6.07) is 14.5. The van der Waals surface area contributed by atoms with Crippen molar-refractivity contribution in [1.29, 1.82) is 0 Å². The lowest BCUT2D eigenvalue weighted by atomic mass is 9.94. The van der Waals surface area contributed by atoms with Gasteiger partial charge in [0.25, 0.3) is 0 Å². The van der Waals surface area contributed by atoms with Gasteiger partial charge in [0.2, 0.25) is 5.91 Å². The van der Waals surface area contributed by atoms with Crippen LogP contribution in [-0.4, -0.2) is 49.7 Å². The molecule has 31 heavy (non-hydrogen) atoms. The van der Waals surface area contributed by atoms with Crippen LogP contribution in [-0.2, 0) is 11.2 Å². The second kappa shape index (κ2) is 10.1. The van der Waals surface area contributed by atoms with Crippen molar-refractivity contribution in [3.8, 4) is 11.5 Å². The Bertz CT molecular complexity index is 859. The largest absolute Gasteiger partial charge is 0.497 e. The fraction of sp³-hybridized carbons (Fsp3) is 0.458. The highest BCUT2D eigenvalue weighted by atomic mass is 19.1. The van der Waals surface area contributed by atoms with E-state index in [1.54, 1.807) is 19.2 Å². The summed E-state index contributed by atoms with van der Waals surface area (Å²) >= 11 is 0. The third-order valence-electron chi connectivity index (χ3n) is 6.22. The third kappa shape index (κ3) is 5.74. The Kier molecular flexibility index (Phi) is 7.04. The average molecular weight is 428 g/mol. The van der Waals surface area contributed by atoms with Crippen LogP contribution < -0.4 is 20.3 Å². The first-order valence-corrected chi connectivity index (χ1v) is 10.9. The van der Waals surface area contributed by atoms with E-state index >= 15 is 0 Å². The van der Waals surface area contributed by atoms with E-state index in [1.165, 1.54) is 12.1 Å². The number of benzene rings is 2. The van der Waals surface area contributed by atoms with Crippen LogP contribution >= 0.6 is 0 Å². The summed E-state index contributed by atoms with van der Waals surface area (Å²) in [6.07, 6.45) is 3.27. The molecule has 6 nitrogen and oxygen atoms in total. The molecule has 0 aromatic heterocycles. The van der Waals surface area contributed by atoms with Gasteiger partial charge >= 0.3 is 0 Å². The SMILES string of the molecule is COc1ccc(OCCC2CC(C3CCN(C(=O)Cc4ccc(F)cc4)C3)NN2)cc1. The molecule has 2 aliphatic rings. The smallest absolute Gasteiger partial charge is 0.226 e. The molecule has 0 saturated carbocycles. The van der Waals surface area contributed by atoms with Crippen LogP contribution in [0.2, 0.25) is 0 Å². The van der Waals surface area contributed by atoms with E-state index in [2.05, 4.69) is 10.9 Å². The highest BCUT2D eigenvalue weighted by Crippen LogP contribution is 2.26. The van der Waals surface area contributed by atoms with Crippen molar-refractivity contribution in [2.45, 2.75) is 37.8 Å². The van der Waals surface area contributed by atoms with Crippen LogP contribution in [0.3, 0.4) is 0 Å². The molecule has 3 unspecified atom stereocenters. The minimum absolute atomic E-state index is 0.115. The number of hydrazine groups is 1. The molecule has 1 amide bonds. The highest BCUT2D eigenvalue weighted by molar-refractivity contribution is 5.79. The quantitative estimate of drug-likeness (QED) is 0.678. The lowest BCUT2D eigenvalue weighted by Crippen LogP contribution is -2.39. The number of hydrogen-bond acceptors (Lipinski definition) is 5. The van der Waals surface area contributed by atoms with Gasteiger partial charge in [-0.25, -0.2) is 4.39 Å². The normalized spacial score (nSPS) is 23.2. The molecule has 0 radical (unpaired) electrons. The van der Waals surface area contributed by atoms with Crippen LogP contribution in [0.5, 0.6) is 11.5 Å². The predicted octanol–water partition coefficient (Wildman–Crippen LogP) is 2.93. The molecule has 2 aromatic carbocycles. The molecule has 166 valence electrons. The second-order valence-corrected chi connectivity index (χ2v) is 8.33. The zero-order valence-electron chi connectivity index (χ0n) is 17.9. The molecule has 2 fully saturated rings. The maximum absolute atomic E-state index is 13.1. The fourth-order valence-electron chi connectivity index (χ4n) is 4.37. The number of nitrogens with zero attached hydrogens (tertiary/aromatic N) is 1. The zero-order valence-corrected chi connectivity index (χ0v) is 17.9. The number of halogens is 1. The van der Waals surface area contributed by atoms with Gasteiger partial charge in [0.15, 0.2) is 0 Å². The van der Waals surface area contributed by atoms with E-state index in [4.69, 9.17) is 9.47 Å². The molecule has 2 saturated heterocycles. The minimum Gasteiger partial charge on any atom is -0.497 e. The Hall–Kier alpha value is -2.64. The van der Waals surface area contributed by atoms with Crippen molar-refractivity contribution >= 4 is 5.91 Å². The number of nitrogens with one attached hydrogen (secondary N) is 2. The van der Waals surface area contributed by atoms with Gasteiger partial charge < -0.3 is 14.4 Å². The first kappa shape index (κ1) is 21.6. The monoisotopic (exact) mass is 427 g/mol. The molecule has 4 rings (SSSR count). The number of carbonyl (C=O) groups excluding carboxylic acids is 1. The van der Waals surface area contributed by atoms with Crippen molar-refractivity contribution in [1.82, 2.24) is 15.8 Å². The van der Waals surface area contributed by atoms with Crippen molar-refractivity contribution < 1.29 is 18.7 Å². The van der Waals surface area contributed by atoms with Gasteiger partial charge in [-0.1, -0.05) is 12.1 Å². The van der Waals surface area contributed by atoms with Crippen molar-refractivity contribution in [2.75, 3.05) is 26.8 Å². The van der Waals surface area contributed by atoms with Crippen LogP contribution in [0.4, 0.5) is 4.39 Å². The molecule has 2 aliphatic heterocycles. The lowest BCUT2D eigenvalue weighted by molar-refractivity contribution is -0.129. The molecule has 2 heterocycles. The van der Waals surface area contributed by atoms with E-state index in [9.17, 15) is 9.18 Å². The molecule has 0 aliphatic carbocycles. The zero-order chi connectivity index (χ0) is 21.6. The van der Waals surface area contributed by atoms with Gasteiger partial charge in [-0.3, -0.25) is 15.6 Å². The number of carbonyl (C=O) groups is 1. The van der Waals surface area contributed by atoms with E-state index in [1.807, 2.05) is 29.2 Å². The Morgan fingerprint density at radius 2 is 1.84 bits per heavy atom. The molecule has 2 N–H and O–H groups in total. The van der Waals surface area contributed by atoms with Crippen LogP contribution in [0.15, 0.2) is 48.5 Å². The van der Waals surface area contributed by atoms with E-state index in [-0.39, 0.29) is 11.7 Å². The fourth-order valence-corrected chi connectivity index (χ4v) is 4.37. The Balaban J connectivity index is 1.18. The summed E-state index contributed by atoms with van der Waals surface area (Å²) in [4.78, 5) is 14.6. The van der Waals surface area contributed by atoms with Gasteiger partial charge in [-0.05, 0) is 67.1 Å². The van der Waals surface area contributed by atoms with Gasteiger partial charge in [-0.2, -0.15) is 0 Å². The molecule has 0 spiro atoms. The van der Waals surface area contributed by atoms with E-state index in [0.717, 1.165) is 49.4 Å². The first-order valence-electron chi connectivity index (χ1n) is 10.9. The number of methoxy groups -OCH3 is 1. The summed E-state index contributed by atoms with van der Waals surface area (Å²) < 4.78 is 24.1. The van der Waals surface area contributed by atoms with E-state index in [0.29, 0.717) is 31.0 Å². The number of ether oxygens (including phenoxy) is 2. The molecular formula is C24H30FN3O3. The number of hydrogen-bond donors (Lipinski definition) is 2. The van der Waals surface area contributed by atoms with Crippen molar-refractivity contribution in [2.24, 2.45) is 5.92 Å². The molecule has 7 heteroatoms. The number of likely N-dealkylation sites (tertiary alicyclic amines) is 1. The van der Waals surface area contributed by atoms with Crippen LogP contribution in [0, 0.1) is 11.7 Å². The number of rotatable bonds is 8. The highest BCUT2D eigenvalue weighted by Gasteiger charge is 2.35. The lowest BCUT2D eigenvalue weighted by Gasteiger charge is -2.20. The van der Waals surface area contributed by atoms with Gasteiger partial charge in [0.1, 0.15) is 17.3 Å². The summed E-state index contributed by atoms with van der Waals surface area (Å²) in [5.74, 6) is 1.94.